The van der Waals surface area contributed by atoms with Gasteiger partial charge >= 0.3 is 0 Å². The van der Waals surface area contributed by atoms with Crippen LogP contribution in [0.2, 0.25) is 0 Å². The van der Waals surface area contributed by atoms with E-state index in [1.165, 1.54) is 38.9 Å². The Morgan fingerprint density at radius 2 is 0.833 bits per heavy atom. The van der Waals surface area contributed by atoms with Crippen LogP contribution < -0.4 is 0 Å². The number of aryl methyl sites for hydroxylation is 3. The van der Waals surface area contributed by atoms with Crippen molar-refractivity contribution in [3.8, 4) is 45.3 Å². The van der Waals surface area contributed by atoms with Crippen molar-refractivity contribution < 1.29 is 0 Å². The lowest BCUT2D eigenvalue weighted by molar-refractivity contribution is 0.660. The van der Waals surface area contributed by atoms with E-state index in [1.54, 1.807) is 0 Å². The van der Waals surface area contributed by atoms with E-state index in [2.05, 4.69) is 120 Å². The molecule has 1 aromatic heterocycles. The fourth-order valence-electron chi connectivity index (χ4n) is 5.16. The van der Waals surface area contributed by atoms with E-state index in [9.17, 15) is 0 Å². The summed E-state index contributed by atoms with van der Waals surface area (Å²) in [4.78, 5) is 14.8. The molecule has 3 nitrogen and oxygen atoms in total. The highest BCUT2D eigenvalue weighted by Gasteiger charge is 2.35. The Kier molecular flexibility index (Phi) is 5.11. The zero-order chi connectivity index (χ0) is 25.0. The van der Waals surface area contributed by atoms with Gasteiger partial charge in [0.2, 0.25) is 0 Å². The molecule has 0 amide bonds. The number of rotatable bonds is 3. The molecular formula is C33H29N3. The lowest BCUT2D eigenvalue weighted by Gasteiger charge is -2.22. The molecule has 1 aliphatic rings. The smallest absolute Gasteiger partial charge is 0.164 e. The average molecular weight is 468 g/mol. The van der Waals surface area contributed by atoms with E-state index < -0.39 is 0 Å². The first-order chi connectivity index (χ1) is 17.3. The minimum atomic E-state index is -0.0840. The van der Waals surface area contributed by atoms with Crippen molar-refractivity contribution in [2.24, 2.45) is 0 Å². The van der Waals surface area contributed by atoms with Crippen LogP contribution in [0, 0.1) is 20.8 Å². The van der Waals surface area contributed by atoms with Crippen LogP contribution in [0.4, 0.5) is 0 Å². The maximum absolute atomic E-state index is 4.96. The number of nitrogens with zero attached hydrogens (tertiary/aromatic N) is 3. The van der Waals surface area contributed by atoms with Crippen molar-refractivity contribution >= 4 is 0 Å². The third-order valence-electron chi connectivity index (χ3n) is 7.34. The van der Waals surface area contributed by atoms with Gasteiger partial charge in [-0.2, -0.15) is 0 Å². The molecule has 6 rings (SSSR count). The van der Waals surface area contributed by atoms with Gasteiger partial charge in [0.05, 0.1) is 0 Å². The van der Waals surface area contributed by atoms with Gasteiger partial charge in [-0.25, -0.2) is 15.0 Å². The summed E-state index contributed by atoms with van der Waals surface area (Å²) in [5, 5.41) is 0. The molecule has 1 aliphatic carbocycles. The molecule has 0 aliphatic heterocycles. The Labute approximate surface area is 213 Å². The normalized spacial score (nSPS) is 13.4. The van der Waals surface area contributed by atoms with Crippen LogP contribution in [0.1, 0.15) is 41.7 Å². The molecule has 0 unspecified atom stereocenters. The van der Waals surface area contributed by atoms with Crippen molar-refractivity contribution in [1.82, 2.24) is 15.0 Å². The molecule has 0 saturated carbocycles. The van der Waals surface area contributed by atoms with Gasteiger partial charge < -0.3 is 0 Å². The summed E-state index contributed by atoms with van der Waals surface area (Å²) in [5.74, 6) is 2.07. The van der Waals surface area contributed by atoms with Crippen LogP contribution in [0.15, 0.2) is 84.9 Å². The summed E-state index contributed by atoms with van der Waals surface area (Å²) < 4.78 is 0. The third kappa shape index (κ3) is 3.72. The Morgan fingerprint density at radius 3 is 1.36 bits per heavy atom. The van der Waals surface area contributed by atoms with Crippen LogP contribution in [0.25, 0.3) is 45.3 Å². The first-order valence-electron chi connectivity index (χ1n) is 12.5. The lowest BCUT2D eigenvalue weighted by atomic mass is 9.81. The van der Waals surface area contributed by atoms with Crippen molar-refractivity contribution in [1.29, 1.82) is 0 Å². The zero-order valence-corrected chi connectivity index (χ0v) is 21.4. The van der Waals surface area contributed by atoms with Crippen LogP contribution in [-0.4, -0.2) is 15.0 Å². The molecule has 0 saturated heterocycles. The highest BCUT2D eigenvalue weighted by Crippen LogP contribution is 2.49. The van der Waals surface area contributed by atoms with E-state index in [4.69, 9.17) is 15.0 Å². The van der Waals surface area contributed by atoms with Gasteiger partial charge in [-0.05, 0) is 49.1 Å². The molecule has 176 valence electrons. The van der Waals surface area contributed by atoms with Gasteiger partial charge in [0.15, 0.2) is 17.5 Å². The maximum Gasteiger partial charge on any atom is 0.164 e. The van der Waals surface area contributed by atoms with E-state index in [0.717, 1.165) is 16.7 Å². The van der Waals surface area contributed by atoms with Gasteiger partial charge in [0.1, 0.15) is 0 Å². The number of hydrogen-bond donors (Lipinski definition) is 0. The molecule has 4 aromatic carbocycles. The van der Waals surface area contributed by atoms with E-state index in [-0.39, 0.29) is 5.41 Å². The summed E-state index contributed by atoms with van der Waals surface area (Å²) in [6.07, 6.45) is 0. The van der Waals surface area contributed by atoms with Crippen molar-refractivity contribution in [3.63, 3.8) is 0 Å². The number of benzene rings is 4. The van der Waals surface area contributed by atoms with E-state index in [1.807, 2.05) is 0 Å². The summed E-state index contributed by atoms with van der Waals surface area (Å²) in [6, 6.07) is 30.2. The number of fused-ring (bicyclic) bond motifs is 3. The zero-order valence-electron chi connectivity index (χ0n) is 21.4. The molecule has 0 spiro atoms. The standard InChI is InChI=1S/C33H29N3/c1-20-6-11-23(12-7-20)30-34-31(24-13-8-21(2)9-14-24)36-32(35-30)25-15-17-27-26-16-10-22(3)18-28(26)33(4,5)29(27)19-25/h6-19H,1-5H3. The number of hydrogen-bond acceptors (Lipinski definition) is 3. The van der Waals surface area contributed by atoms with Crippen LogP contribution in [0.3, 0.4) is 0 Å². The highest BCUT2D eigenvalue weighted by atomic mass is 15.0. The fraction of sp³-hybridized carbons (Fsp3) is 0.182. The second-order valence-electron chi connectivity index (χ2n) is 10.5. The minimum Gasteiger partial charge on any atom is -0.208 e. The lowest BCUT2D eigenvalue weighted by Crippen LogP contribution is -2.15. The summed E-state index contributed by atoms with van der Waals surface area (Å²) in [5.41, 5.74) is 11.9. The van der Waals surface area contributed by atoms with Crippen molar-refractivity contribution in [3.05, 3.63) is 113 Å². The number of aromatic nitrogens is 3. The quantitative estimate of drug-likeness (QED) is 0.269. The Bertz CT molecular complexity index is 1550. The Morgan fingerprint density at radius 1 is 0.444 bits per heavy atom. The van der Waals surface area contributed by atoms with Gasteiger partial charge in [-0.1, -0.05) is 109 Å². The molecule has 0 N–H and O–H groups in total. The van der Waals surface area contributed by atoms with Gasteiger partial charge in [-0.15, -0.1) is 0 Å². The molecule has 5 aromatic rings. The summed E-state index contributed by atoms with van der Waals surface area (Å²) in [7, 11) is 0. The molecule has 0 radical (unpaired) electrons. The first kappa shape index (κ1) is 22.4. The van der Waals surface area contributed by atoms with E-state index in [0.29, 0.717) is 17.5 Å². The third-order valence-corrected chi connectivity index (χ3v) is 7.34. The first-order valence-corrected chi connectivity index (χ1v) is 12.5. The maximum atomic E-state index is 4.96. The SMILES string of the molecule is Cc1ccc(-c2nc(-c3ccc(C)cc3)nc(-c3ccc4c(c3)C(C)(C)c3cc(C)ccc3-4)n2)cc1. The monoisotopic (exact) mass is 467 g/mol. The average Bonchev–Trinajstić information content (AvgIpc) is 3.10. The predicted octanol–water partition coefficient (Wildman–Crippen LogP) is 8.10. The Hall–Kier alpha value is -4.11. The molecule has 3 heteroatoms. The Balaban J connectivity index is 1.52. The van der Waals surface area contributed by atoms with Crippen LogP contribution in [0.5, 0.6) is 0 Å². The minimum absolute atomic E-state index is 0.0840. The predicted molar refractivity (Wildman–Crippen MR) is 148 cm³/mol. The summed E-state index contributed by atoms with van der Waals surface area (Å²) >= 11 is 0. The van der Waals surface area contributed by atoms with Gasteiger partial charge in [0, 0.05) is 22.1 Å². The van der Waals surface area contributed by atoms with Crippen molar-refractivity contribution in [2.45, 2.75) is 40.0 Å². The second kappa shape index (κ2) is 8.23. The van der Waals surface area contributed by atoms with Gasteiger partial charge in [0.25, 0.3) is 0 Å². The van der Waals surface area contributed by atoms with Crippen LogP contribution in [-0.2, 0) is 5.41 Å². The molecule has 1 heterocycles. The topological polar surface area (TPSA) is 38.7 Å². The molecular weight excluding hydrogens is 438 g/mol. The second-order valence-corrected chi connectivity index (χ2v) is 10.5. The largest absolute Gasteiger partial charge is 0.208 e. The molecule has 0 atom stereocenters. The molecule has 36 heavy (non-hydrogen) atoms. The van der Waals surface area contributed by atoms with E-state index >= 15 is 0 Å². The van der Waals surface area contributed by atoms with Gasteiger partial charge in [-0.3, -0.25) is 0 Å². The van der Waals surface area contributed by atoms with Crippen molar-refractivity contribution in [2.75, 3.05) is 0 Å². The molecule has 0 fully saturated rings. The fourth-order valence-corrected chi connectivity index (χ4v) is 5.16. The molecule has 0 bridgehead atoms. The van der Waals surface area contributed by atoms with Crippen LogP contribution >= 0.6 is 0 Å². The summed E-state index contributed by atoms with van der Waals surface area (Å²) in [6.45, 7) is 11.0. The highest BCUT2D eigenvalue weighted by molar-refractivity contribution is 5.83.